The van der Waals surface area contributed by atoms with Gasteiger partial charge in [0.15, 0.2) is 0 Å². The van der Waals surface area contributed by atoms with E-state index in [1.54, 1.807) is 7.11 Å². The summed E-state index contributed by atoms with van der Waals surface area (Å²) in [5.74, 6) is 0.881. The maximum absolute atomic E-state index is 12.6. The first-order valence-corrected chi connectivity index (χ1v) is 8.97. The summed E-state index contributed by atoms with van der Waals surface area (Å²) < 4.78 is 11.2. The molecular formula is C20H32N2O3. The summed E-state index contributed by atoms with van der Waals surface area (Å²) in [6.07, 6.45) is 1.53. The highest BCUT2D eigenvalue weighted by atomic mass is 16.6. The third-order valence-electron chi connectivity index (χ3n) is 4.43. The molecule has 0 fully saturated rings. The first-order chi connectivity index (χ1) is 11.6. The van der Waals surface area contributed by atoms with Crippen LogP contribution in [0.3, 0.4) is 0 Å². The monoisotopic (exact) mass is 348 g/mol. The van der Waals surface area contributed by atoms with Gasteiger partial charge in [-0.25, -0.2) is 4.79 Å². The Balaban J connectivity index is 2.32. The predicted octanol–water partition coefficient (Wildman–Crippen LogP) is 3.83. The molecular weight excluding hydrogens is 316 g/mol. The number of benzene rings is 1. The molecule has 1 heterocycles. The van der Waals surface area contributed by atoms with Gasteiger partial charge in [0.2, 0.25) is 0 Å². The first-order valence-electron chi connectivity index (χ1n) is 8.97. The van der Waals surface area contributed by atoms with Crippen LogP contribution in [0.2, 0.25) is 0 Å². The van der Waals surface area contributed by atoms with Crippen molar-refractivity contribution in [3.8, 4) is 5.75 Å². The normalized spacial score (nSPS) is 17.4. The van der Waals surface area contributed by atoms with E-state index in [0.717, 1.165) is 30.7 Å². The fourth-order valence-corrected chi connectivity index (χ4v) is 3.28. The summed E-state index contributed by atoms with van der Waals surface area (Å²) in [6, 6.07) is 4.49. The van der Waals surface area contributed by atoms with Crippen molar-refractivity contribution < 1.29 is 14.3 Å². The highest BCUT2D eigenvalue weighted by Crippen LogP contribution is 2.32. The van der Waals surface area contributed by atoms with Gasteiger partial charge >= 0.3 is 6.09 Å². The lowest BCUT2D eigenvalue weighted by Gasteiger charge is -2.38. The Hall–Kier alpha value is -1.75. The number of hydrogen-bond donors (Lipinski definition) is 0. The Kier molecular flexibility index (Phi) is 5.99. The van der Waals surface area contributed by atoms with Gasteiger partial charge in [0.25, 0.3) is 0 Å². The number of amides is 1. The zero-order valence-electron chi connectivity index (χ0n) is 16.7. The number of methoxy groups -OCH3 is 1. The average Bonchev–Trinajstić information content (AvgIpc) is 2.50. The van der Waals surface area contributed by atoms with E-state index in [1.165, 1.54) is 11.1 Å². The Morgan fingerprint density at radius 2 is 1.96 bits per heavy atom. The molecule has 0 N–H and O–H groups in total. The summed E-state index contributed by atoms with van der Waals surface area (Å²) >= 11 is 0. The van der Waals surface area contributed by atoms with Crippen molar-refractivity contribution in [2.45, 2.75) is 65.3 Å². The van der Waals surface area contributed by atoms with E-state index < -0.39 is 5.60 Å². The molecule has 0 aromatic heterocycles. The molecule has 0 saturated carbocycles. The standard InChI is InChI=1S/C20H32N2O3/c1-8-17-10-14-9-16(12-21(5)6)18(24-7)11-15(14)13-22(17)19(23)25-20(2,3)4/h9,11,17H,8,10,12-13H2,1-7H3. The lowest BCUT2D eigenvalue weighted by atomic mass is 9.91. The van der Waals surface area contributed by atoms with Crippen molar-refractivity contribution in [1.82, 2.24) is 9.80 Å². The van der Waals surface area contributed by atoms with Crippen LogP contribution in [0.4, 0.5) is 4.79 Å². The summed E-state index contributed by atoms with van der Waals surface area (Å²) in [7, 11) is 5.81. The lowest BCUT2D eigenvalue weighted by molar-refractivity contribution is 0.0115. The highest BCUT2D eigenvalue weighted by molar-refractivity contribution is 5.69. The lowest BCUT2D eigenvalue weighted by Crippen LogP contribution is -2.46. The molecule has 2 rings (SSSR count). The number of rotatable bonds is 4. The minimum Gasteiger partial charge on any atom is -0.496 e. The van der Waals surface area contributed by atoms with Crippen LogP contribution in [0.15, 0.2) is 12.1 Å². The van der Waals surface area contributed by atoms with Crippen LogP contribution < -0.4 is 4.74 Å². The molecule has 140 valence electrons. The van der Waals surface area contributed by atoms with Gasteiger partial charge in [-0.3, -0.25) is 0 Å². The van der Waals surface area contributed by atoms with Gasteiger partial charge in [-0.15, -0.1) is 0 Å². The maximum atomic E-state index is 12.6. The number of carbonyl (C=O) groups is 1. The van der Waals surface area contributed by atoms with E-state index in [0.29, 0.717) is 6.54 Å². The molecule has 5 nitrogen and oxygen atoms in total. The minimum atomic E-state index is -0.483. The fraction of sp³-hybridized carbons (Fsp3) is 0.650. The number of carbonyl (C=O) groups excluding carboxylic acids is 1. The highest BCUT2D eigenvalue weighted by Gasteiger charge is 2.32. The number of nitrogens with zero attached hydrogens (tertiary/aromatic N) is 2. The number of fused-ring (bicyclic) bond motifs is 1. The molecule has 0 radical (unpaired) electrons. The zero-order valence-corrected chi connectivity index (χ0v) is 16.7. The van der Waals surface area contributed by atoms with Crippen LogP contribution in [-0.2, 0) is 24.2 Å². The van der Waals surface area contributed by atoms with Gasteiger partial charge in [0.05, 0.1) is 7.11 Å². The number of hydrogen-bond acceptors (Lipinski definition) is 4. The molecule has 1 aliphatic rings. The van der Waals surface area contributed by atoms with E-state index >= 15 is 0 Å². The Labute approximate surface area is 151 Å². The van der Waals surface area contributed by atoms with E-state index in [1.807, 2.05) is 25.7 Å². The van der Waals surface area contributed by atoms with E-state index in [2.05, 4.69) is 38.1 Å². The fourth-order valence-electron chi connectivity index (χ4n) is 3.28. The van der Waals surface area contributed by atoms with Crippen LogP contribution in [0, 0.1) is 0 Å². The zero-order chi connectivity index (χ0) is 18.8. The van der Waals surface area contributed by atoms with Crippen molar-refractivity contribution in [3.63, 3.8) is 0 Å². The Morgan fingerprint density at radius 1 is 1.28 bits per heavy atom. The third-order valence-corrected chi connectivity index (χ3v) is 4.43. The van der Waals surface area contributed by atoms with Crippen LogP contribution in [-0.4, -0.2) is 48.7 Å². The number of ether oxygens (including phenoxy) is 2. The van der Waals surface area contributed by atoms with Gasteiger partial charge < -0.3 is 19.3 Å². The van der Waals surface area contributed by atoms with Crippen molar-refractivity contribution >= 4 is 6.09 Å². The largest absolute Gasteiger partial charge is 0.496 e. The molecule has 1 amide bonds. The van der Waals surface area contributed by atoms with Gasteiger partial charge in [-0.1, -0.05) is 13.0 Å². The molecule has 0 spiro atoms. The molecule has 1 aliphatic heterocycles. The van der Waals surface area contributed by atoms with E-state index in [-0.39, 0.29) is 12.1 Å². The first kappa shape index (κ1) is 19.6. The van der Waals surface area contributed by atoms with Crippen LogP contribution in [0.5, 0.6) is 5.75 Å². The SMILES string of the molecule is CCC1Cc2cc(CN(C)C)c(OC)cc2CN1C(=O)OC(C)(C)C. The van der Waals surface area contributed by atoms with Crippen molar-refractivity contribution in [3.05, 3.63) is 28.8 Å². The van der Waals surface area contributed by atoms with Crippen molar-refractivity contribution in [2.24, 2.45) is 0 Å². The smallest absolute Gasteiger partial charge is 0.410 e. The summed E-state index contributed by atoms with van der Waals surface area (Å²) in [5, 5.41) is 0. The van der Waals surface area contributed by atoms with E-state index in [4.69, 9.17) is 9.47 Å². The molecule has 5 heteroatoms. The molecule has 0 aliphatic carbocycles. The summed E-state index contributed by atoms with van der Waals surface area (Å²) in [6.45, 7) is 9.24. The molecule has 1 atom stereocenters. The second-order valence-electron chi connectivity index (χ2n) is 8.04. The Bertz CT molecular complexity index is 620. The van der Waals surface area contributed by atoms with Crippen molar-refractivity contribution in [2.75, 3.05) is 21.2 Å². The van der Waals surface area contributed by atoms with Gasteiger partial charge in [0.1, 0.15) is 11.4 Å². The second-order valence-corrected chi connectivity index (χ2v) is 8.04. The molecule has 1 aromatic rings. The van der Waals surface area contributed by atoms with Gasteiger partial charge in [-0.2, -0.15) is 0 Å². The molecule has 25 heavy (non-hydrogen) atoms. The maximum Gasteiger partial charge on any atom is 0.410 e. The molecule has 0 bridgehead atoms. The average molecular weight is 348 g/mol. The van der Waals surface area contributed by atoms with Gasteiger partial charge in [0, 0.05) is 24.7 Å². The minimum absolute atomic E-state index is 0.169. The summed E-state index contributed by atoms with van der Waals surface area (Å²) in [5.41, 5.74) is 3.16. The van der Waals surface area contributed by atoms with Crippen LogP contribution in [0.1, 0.15) is 50.8 Å². The molecule has 1 unspecified atom stereocenters. The predicted molar refractivity (Wildman–Crippen MR) is 99.9 cm³/mol. The molecule has 1 aromatic carbocycles. The second kappa shape index (κ2) is 7.65. The van der Waals surface area contributed by atoms with Crippen LogP contribution >= 0.6 is 0 Å². The van der Waals surface area contributed by atoms with Crippen molar-refractivity contribution in [1.29, 1.82) is 0 Å². The molecule has 0 saturated heterocycles. The van der Waals surface area contributed by atoms with E-state index in [9.17, 15) is 4.79 Å². The third kappa shape index (κ3) is 4.88. The summed E-state index contributed by atoms with van der Waals surface area (Å²) in [4.78, 5) is 16.6. The van der Waals surface area contributed by atoms with Crippen LogP contribution in [0.25, 0.3) is 0 Å². The topological polar surface area (TPSA) is 42.0 Å². The quantitative estimate of drug-likeness (QED) is 0.829. The van der Waals surface area contributed by atoms with Gasteiger partial charge in [-0.05, 0) is 64.9 Å². The Morgan fingerprint density at radius 3 is 2.48 bits per heavy atom.